The van der Waals surface area contributed by atoms with E-state index in [0.29, 0.717) is 18.6 Å². The molecule has 3 rings (SSSR count). The molecule has 0 spiro atoms. The van der Waals surface area contributed by atoms with Crippen LogP contribution in [0.3, 0.4) is 0 Å². The lowest BCUT2D eigenvalue weighted by atomic mass is 9.84. The molecule has 0 saturated carbocycles. The Kier molecular flexibility index (Phi) is 6.30. The highest BCUT2D eigenvalue weighted by molar-refractivity contribution is 5.97. The zero-order valence-electron chi connectivity index (χ0n) is 15.4. The van der Waals surface area contributed by atoms with Crippen molar-refractivity contribution in [2.75, 3.05) is 26.8 Å². The molecule has 3 atom stereocenters. The molecule has 138 valence electrons. The van der Waals surface area contributed by atoms with Crippen LogP contribution >= 0.6 is 0 Å². The average molecular weight is 355 g/mol. The Morgan fingerprint density at radius 2 is 2.00 bits per heavy atom. The van der Waals surface area contributed by atoms with Crippen molar-refractivity contribution in [3.8, 4) is 11.8 Å². The summed E-state index contributed by atoms with van der Waals surface area (Å²) < 4.78 is 10.7. The summed E-state index contributed by atoms with van der Waals surface area (Å²) in [6, 6.07) is 9.81. The fourth-order valence-corrected chi connectivity index (χ4v) is 4.24. The van der Waals surface area contributed by atoms with Gasteiger partial charge in [0.2, 0.25) is 0 Å². The number of carbonyl (C=O) groups excluding carboxylic acids is 1. The number of nitriles is 1. The molecule has 2 fully saturated rings. The van der Waals surface area contributed by atoms with Crippen molar-refractivity contribution >= 4 is 12.0 Å². The molecule has 26 heavy (non-hydrogen) atoms. The van der Waals surface area contributed by atoms with Gasteiger partial charge < -0.3 is 14.4 Å². The molecule has 2 heterocycles. The van der Waals surface area contributed by atoms with E-state index in [1.807, 2.05) is 18.2 Å². The van der Waals surface area contributed by atoms with Gasteiger partial charge in [-0.3, -0.25) is 0 Å². The summed E-state index contributed by atoms with van der Waals surface area (Å²) >= 11 is 0. The number of esters is 1. The molecule has 0 aliphatic carbocycles. The van der Waals surface area contributed by atoms with E-state index in [9.17, 15) is 10.1 Å². The second-order valence-corrected chi connectivity index (χ2v) is 7.20. The van der Waals surface area contributed by atoms with E-state index in [1.165, 1.54) is 38.8 Å². The maximum atomic E-state index is 12.4. The largest absolute Gasteiger partial charge is 0.497 e. The summed E-state index contributed by atoms with van der Waals surface area (Å²) in [5.74, 6) is 0.634. The molecule has 2 aliphatic heterocycles. The first-order chi connectivity index (χ1) is 12.7. The van der Waals surface area contributed by atoms with E-state index in [4.69, 9.17) is 9.47 Å². The normalized spacial score (nSPS) is 25.7. The number of fused-ring (bicyclic) bond motifs is 1. The van der Waals surface area contributed by atoms with E-state index >= 15 is 0 Å². The van der Waals surface area contributed by atoms with Gasteiger partial charge in [0.25, 0.3) is 0 Å². The molecule has 1 unspecified atom stereocenters. The minimum Gasteiger partial charge on any atom is -0.497 e. The highest BCUT2D eigenvalue weighted by atomic mass is 16.5. The van der Waals surface area contributed by atoms with Crippen molar-refractivity contribution in [1.82, 2.24) is 0 Å². The highest BCUT2D eigenvalue weighted by Crippen LogP contribution is 2.21. The standard InChI is InChI=1S/C21H26N2O3/c1-25-19-9-7-16(8-10-19)13-18(14-22)21(24)26-15-17-5-4-12-23-11-3-2-6-20(17)23/h7-10,13,17,20H,2-6,11-12,15H2,1H3/p+1/b18-13+/t17-,20+/m0/s1. The Hall–Kier alpha value is -2.32. The third-order valence-electron chi connectivity index (χ3n) is 5.62. The Bertz CT molecular complexity index is 688. The lowest BCUT2D eigenvalue weighted by molar-refractivity contribution is -0.940. The van der Waals surface area contributed by atoms with Crippen LogP contribution in [0.25, 0.3) is 6.08 Å². The van der Waals surface area contributed by atoms with Crippen LogP contribution in [0.5, 0.6) is 5.75 Å². The van der Waals surface area contributed by atoms with E-state index in [0.717, 1.165) is 17.7 Å². The zero-order chi connectivity index (χ0) is 18.4. The van der Waals surface area contributed by atoms with Gasteiger partial charge in [-0.1, -0.05) is 12.1 Å². The third kappa shape index (κ3) is 4.44. The fraction of sp³-hybridized carbons (Fsp3) is 0.524. The summed E-state index contributed by atoms with van der Waals surface area (Å²) in [5, 5.41) is 9.33. The lowest BCUT2D eigenvalue weighted by Gasteiger charge is -2.40. The predicted octanol–water partition coefficient (Wildman–Crippen LogP) is 1.99. The smallest absolute Gasteiger partial charge is 0.348 e. The number of hydrogen-bond donors (Lipinski definition) is 1. The minimum atomic E-state index is -0.522. The SMILES string of the molecule is COc1ccc(/C=C(\C#N)C(=O)OC[C@@H]2CCC[NH+]3CCCC[C@H]23)cc1. The molecule has 0 amide bonds. The first-order valence-corrected chi connectivity index (χ1v) is 9.49. The van der Waals surface area contributed by atoms with Crippen LogP contribution < -0.4 is 9.64 Å². The van der Waals surface area contributed by atoms with E-state index in [2.05, 4.69) is 0 Å². The number of carbonyl (C=O) groups is 1. The van der Waals surface area contributed by atoms with Crippen LogP contribution in [-0.2, 0) is 9.53 Å². The summed E-state index contributed by atoms with van der Waals surface area (Å²) in [6.45, 7) is 2.92. The Balaban J connectivity index is 1.60. The van der Waals surface area contributed by atoms with Crippen molar-refractivity contribution in [3.63, 3.8) is 0 Å². The van der Waals surface area contributed by atoms with Crippen molar-refractivity contribution in [1.29, 1.82) is 5.26 Å². The Labute approximate surface area is 155 Å². The number of benzene rings is 1. The topological polar surface area (TPSA) is 63.8 Å². The van der Waals surface area contributed by atoms with Crippen molar-refractivity contribution < 1.29 is 19.2 Å². The van der Waals surface area contributed by atoms with Gasteiger partial charge >= 0.3 is 5.97 Å². The van der Waals surface area contributed by atoms with Gasteiger partial charge in [0.1, 0.15) is 24.0 Å². The summed E-state index contributed by atoms with van der Waals surface area (Å²) in [5.41, 5.74) is 0.818. The Morgan fingerprint density at radius 1 is 1.23 bits per heavy atom. The van der Waals surface area contributed by atoms with Crippen LogP contribution in [0.15, 0.2) is 29.8 Å². The number of methoxy groups -OCH3 is 1. The number of hydrogen-bond acceptors (Lipinski definition) is 4. The van der Waals surface area contributed by atoms with Crippen molar-refractivity contribution in [2.45, 2.75) is 38.1 Å². The van der Waals surface area contributed by atoms with E-state index < -0.39 is 5.97 Å². The monoisotopic (exact) mass is 355 g/mol. The first kappa shape index (κ1) is 18.5. The highest BCUT2D eigenvalue weighted by Gasteiger charge is 2.37. The van der Waals surface area contributed by atoms with Gasteiger partial charge in [0, 0.05) is 5.92 Å². The number of piperidine rings is 2. The van der Waals surface area contributed by atoms with E-state index in [-0.39, 0.29) is 5.57 Å². The second-order valence-electron chi connectivity index (χ2n) is 7.20. The molecular formula is C21H27N2O3+. The van der Waals surface area contributed by atoms with Crippen molar-refractivity contribution in [2.24, 2.45) is 5.92 Å². The average Bonchev–Trinajstić information content (AvgIpc) is 2.70. The quantitative estimate of drug-likeness (QED) is 0.498. The number of ether oxygens (including phenoxy) is 2. The number of quaternary nitrogens is 1. The predicted molar refractivity (Wildman–Crippen MR) is 98.6 cm³/mol. The molecule has 5 nitrogen and oxygen atoms in total. The first-order valence-electron chi connectivity index (χ1n) is 9.49. The van der Waals surface area contributed by atoms with Gasteiger partial charge in [0.15, 0.2) is 0 Å². The summed E-state index contributed by atoms with van der Waals surface area (Å²) in [6.07, 6.45) is 7.69. The van der Waals surface area contributed by atoms with Crippen LogP contribution in [-0.4, -0.2) is 38.8 Å². The summed E-state index contributed by atoms with van der Waals surface area (Å²) in [7, 11) is 1.60. The molecule has 1 N–H and O–H groups in total. The van der Waals surface area contributed by atoms with Gasteiger partial charge in [-0.25, -0.2) is 4.79 Å². The molecule has 1 aromatic carbocycles. The summed E-state index contributed by atoms with van der Waals surface area (Å²) in [4.78, 5) is 14.0. The molecule has 2 saturated heterocycles. The second kappa shape index (κ2) is 8.86. The van der Waals surface area contributed by atoms with Crippen LogP contribution in [0, 0.1) is 17.2 Å². The number of nitrogens with zero attached hydrogens (tertiary/aromatic N) is 1. The van der Waals surface area contributed by atoms with Crippen LogP contribution in [0.2, 0.25) is 0 Å². The molecule has 1 aromatic rings. The number of rotatable bonds is 5. The molecule has 0 bridgehead atoms. The molecular weight excluding hydrogens is 328 g/mol. The van der Waals surface area contributed by atoms with Crippen LogP contribution in [0.4, 0.5) is 0 Å². The maximum Gasteiger partial charge on any atom is 0.348 e. The minimum absolute atomic E-state index is 0.0406. The maximum absolute atomic E-state index is 12.4. The van der Waals surface area contributed by atoms with Crippen molar-refractivity contribution in [3.05, 3.63) is 35.4 Å². The third-order valence-corrected chi connectivity index (χ3v) is 5.62. The molecule has 5 heteroatoms. The zero-order valence-corrected chi connectivity index (χ0v) is 15.4. The molecule has 0 radical (unpaired) electrons. The molecule has 0 aromatic heterocycles. The van der Waals surface area contributed by atoms with E-state index in [1.54, 1.807) is 30.2 Å². The van der Waals surface area contributed by atoms with Gasteiger partial charge in [0.05, 0.1) is 26.2 Å². The molecule has 2 aliphatic rings. The number of nitrogens with one attached hydrogen (secondary N) is 1. The lowest BCUT2D eigenvalue weighted by Crippen LogP contribution is -3.18. The van der Waals surface area contributed by atoms with Gasteiger partial charge in [-0.15, -0.1) is 0 Å². The fourth-order valence-electron chi connectivity index (χ4n) is 4.24. The van der Waals surface area contributed by atoms with Crippen LogP contribution in [0.1, 0.15) is 37.7 Å². The van der Waals surface area contributed by atoms with Gasteiger partial charge in [-0.2, -0.15) is 5.26 Å². The Morgan fingerprint density at radius 3 is 2.73 bits per heavy atom. The van der Waals surface area contributed by atoms with Gasteiger partial charge in [-0.05, 0) is 55.9 Å².